The zero-order valence-corrected chi connectivity index (χ0v) is 11.1. The molecule has 0 aliphatic heterocycles. The summed E-state index contributed by atoms with van der Waals surface area (Å²) in [5, 5.41) is 16.0. The second-order valence-electron chi connectivity index (χ2n) is 4.14. The van der Waals surface area contributed by atoms with Crippen LogP contribution >= 0.6 is 0 Å². The van der Waals surface area contributed by atoms with E-state index < -0.39 is 28.0 Å². The molecule has 2 aromatic rings. The van der Waals surface area contributed by atoms with Gasteiger partial charge in [-0.05, 0) is 18.2 Å². The largest absolute Gasteiger partial charge is 0.387 e. The third-order valence-corrected chi connectivity index (χ3v) is 2.87. The second kappa shape index (κ2) is 6.00. The van der Waals surface area contributed by atoms with Gasteiger partial charge in [-0.1, -0.05) is 18.2 Å². The van der Waals surface area contributed by atoms with E-state index in [4.69, 9.17) is 0 Å². The number of nitro benzene ring substituents is 1. The number of anilines is 2. The number of benzene rings is 2. The molecule has 0 aliphatic rings. The van der Waals surface area contributed by atoms with Crippen molar-refractivity contribution < 1.29 is 14.1 Å². The van der Waals surface area contributed by atoms with Crippen molar-refractivity contribution in [3.05, 3.63) is 64.0 Å². The van der Waals surface area contributed by atoms with Crippen LogP contribution in [0.2, 0.25) is 0 Å². The van der Waals surface area contributed by atoms with E-state index in [1.54, 1.807) is 25.2 Å². The van der Waals surface area contributed by atoms with Gasteiger partial charge >= 0.3 is 0 Å². The van der Waals surface area contributed by atoms with Crippen LogP contribution in [0.5, 0.6) is 0 Å². The summed E-state index contributed by atoms with van der Waals surface area (Å²) in [6.07, 6.45) is 0. The van der Waals surface area contributed by atoms with Gasteiger partial charge in [-0.25, -0.2) is 4.39 Å². The zero-order chi connectivity index (χ0) is 15.4. The van der Waals surface area contributed by atoms with Gasteiger partial charge in [-0.2, -0.15) is 0 Å². The van der Waals surface area contributed by atoms with Crippen LogP contribution in [0.3, 0.4) is 0 Å². The van der Waals surface area contributed by atoms with Gasteiger partial charge in [0.05, 0.1) is 10.5 Å². The highest BCUT2D eigenvalue weighted by Crippen LogP contribution is 2.28. The van der Waals surface area contributed by atoms with Gasteiger partial charge in [0.2, 0.25) is 0 Å². The van der Waals surface area contributed by atoms with Crippen LogP contribution in [0.25, 0.3) is 0 Å². The van der Waals surface area contributed by atoms with Gasteiger partial charge < -0.3 is 10.6 Å². The first-order valence-electron chi connectivity index (χ1n) is 6.05. The molecule has 21 heavy (non-hydrogen) atoms. The van der Waals surface area contributed by atoms with Crippen molar-refractivity contribution in [3.8, 4) is 0 Å². The van der Waals surface area contributed by atoms with Crippen LogP contribution in [0.1, 0.15) is 10.4 Å². The smallest absolute Gasteiger partial charge is 0.295 e. The normalized spacial score (nSPS) is 10.0. The lowest BCUT2D eigenvalue weighted by atomic mass is 10.1. The summed E-state index contributed by atoms with van der Waals surface area (Å²) in [5.74, 6) is -1.49. The van der Waals surface area contributed by atoms with Crippen LogP contribution in [-0.4, -0.2) is 17.9 Å². The quantitative estimate of drug-likeness (QED) is 0.669. The molecule has 0 heterocycles. The molecule has 0 radical (unpaired) electrons. The van der Waals surface area contributed by atoms with Crippen molar-refractivity contribution in [3.63, 3.8) is 0 Å². The van der Waals surface area contributed by atoms with Crippen LogP contribution in [0.4, 0.5) is 21.5 Å². The first kappa shape index (κ1) is 14.4. The zero-order valence-electron chi connectivity index (χ0n) is 11.1. The molecule has 0 fully saturated rings. The Kier molecular flexibility index (Phi) is 4.13. The molecular weight excluding hydrogens is 277 g/mol. The molecule has 0 saturated heterocycles. The predicted molar refractivity (Wildman–Crippen MR) is 77.0 cm³/mol. The molecule has 2 aromatic carbocycles. The SMILES string of the molecule is CNc1ccccc1C(=O)Nc1c(F)cccc1[N+](=O)[O-]. The Balaban J connectivity index is 2.38. The van der Waals surface area contributed by atoms with Crippen molar-refractivity contribution >= 4 is 23.0 Å². The Morgan fingerprint density at radius 3 is 2.57 bits per heavy atom. The fourth-order valence-electron chi connectivity index (χ4n) is 1.87. The van der Waals surface area contributed by atoms with Gasteiger partial charge in [0, 0.05) is 18.8 Å². The van der Waals surface area contributed by atoms with Crippen molar-refractivity contribution in [2.45, 2.75) is 0 Å². The highest BCUT2D eigenvalue weighted by Gasteiger charge is 2.21. The lowest BCUT2D eigenvalue weighted by Crippen LogP contribution is -2.16. The number of rotatable bonds is 4. The maximum atomic E-state index is 13.7. The number of para-hydroxylation sites is 2. The molecule has 108 valence electrons. The van der Waals surface area contributed by atoms with E-state index in [1.165, 1.54) is 12.1 Å². The molecule has 7 heteroatoms. The summed E-state index contributed by atoms with van der Waals surface area (Å²) in [6.45, 7) is 0. The maximum Gasteiger partial charge on any atom is 0.295 e. The number of amides is 1. The predicted octanol–water partition coefficient (Wildman–Crippen LogP) is 3.03. The van der Waals surface area contributed by atoms with E-state index in [2.05, 4.69) is 10.6 Å². The van der Waals surface area contributed by atoms with Crippen molar-refractivity contribution in [1.29, 1.82) is 0 Å². The number of nitro groups is 1. The molecule has 2 N–H and O–H groups in total. The van der Waals surface area contributed by atoms with E-state index in [0.717, 1.165) is 12.1 Å². The van der Waals surface area contributed by atoms with E-state index in [0.29, 0.717) is 5.69 Å². The number of hydrogen-bond donors (Lipinski definition) is 2. The average Bonchev–Trinajstić information content (AvgIpc) is 2.48. The molecular formula is C14H12FN3O3. The third kappa shape index (κ3) is 2.97. The number of halogens is 1. The molecule has 0 atom stereocenters. The number of nitrogens with one attached hydrogen (secondary N) is 2. The van der Waals surface area contributed by atoms with Gasteiger partial charge in [-0.15, -0.1) is 0 Å². The summed E-state index contributed by atoms with van der Waals surface area (Å²) < 4.78 is 13.7. The number of carbonyl (C=O) groups excluding carboxylic acids is 1. The molecule has 0 aliphatic carbocycles. The van der Waals surface area contributed by atoms with Crippen LogP contribution < -0.4 is 10.6 Å². The third-order valence-electron chi connectivity index (χ3n) is 2.87. The van der Waals surface area contributed by atoms with Crippen molar-refractivity contribution in [2.24, 2.45) is 0 Å². The summed E-state index contributed by atoms with van der Waals surface area (Å²) in [5.41, 5.74) is -0.143. The maximum absolute atomic E-state index is 13.7. The molecule has 0 saturated carbocycles. The summed E-state index contributed by atoms with van der Waals surface area (Å²) in [6, 6.07) is 9.97. The molecule has 0 unspecified atom stereocenters. The first-order chi connectivity index (χ1) is 10.0. The molecule has 0 spiro atoms. The van der Waals surface area contributed by atoms with Crippen LogP contribution in [0, 0.1) is 15.9 Å². The minimum absolute atomic E-state index is 0.262. The van der Waals surface area contributed by atoms with Gasteiger partial charge in [0.25, 0.3) is 11.6 Å². The summed E-state index contributed by atoms with van der Waals surface area (Å²) >= 11 is 0. The molecule has 2 rings (SSSR count). The second-order valence-corrected chi connectivity index (χ2v) is 4.14. The highest BCUT2D eigenvalue weighted by molar-refractivity contribution is 6.09. The Labute approximate surface area is 119 Å². The topological polar surface area (TPSA) is 84.3 Å². The van der Waals surface area contributed by atoms with Gasteiger partial charge in [0.1, 0.15) is 0 Å². The minimum atomic E-state index is -0.862. The fourth-order valence-corrected chi connectivity index (χ4v) is 1.87. The Bertz CT molecular complexity index is 704. The van der Waals surface area contributed by atoms with Crippen molar-refractivity contribution in [1.82, 2.24) is 0 Å². The van der Waals surface area contributed by atoms with E-state index in [1.807, 2.05) is 0 Å². The fraction of sp³-hybridized carbons (Fsp3) is 0.0714. The van der Waals surface area contributed by atoms with E-state index in [9.17, 15) is 19.3 Å². The number of carbonyl (C=O) groups is 1. The molecule has 0 bridgehead atoms. The van der Waals surface area contributed by atoms with Gasteiger partial charge in [0.15, 0.2) is 11.5 Å². The van der Waals surface area contributed by atoms with E-state index >= 15 is 0 Å². The lowest BCUT2D eigenvalue weighted by molar-refractivity contribution is -0.384. The van der Waals surface area contributed by atoms with Crippen LogP contribution in [0.15, 0.2) is 42.5 Å². The van der Waals surface area contributed by atoms with Crippen LogP contribution in [-0.2, 0) is 0 Å². The molecule has 0 aromatic heterocycles. The minimum Gasteiger partial charge on any atom is -0.387 e. The van der Waals surface area contributed by atoms with Gasteiger partial charge in [-0.3, -0.25) is 14.9 Å². The Morgan fingerprint density at radius 1 is 1.19 bits per heavy atom. The van der Waals surface area contributed by atoms with E-state index in [-0.39, 0.29) is 5.56 Å². The first-order valence-corrected chi connectivity index (χ1v) is 6.05. The average molecular weight is 289 g/mol. The summed E-state index contributed by atoms with van der Waals surface area (Å²) in [4.78, 5) is 22.3. The highest BCUT2D eigenvalue weighted by atomic mass is 19.1. The molecule has 1 amide bonds. The Morgan fingerprint density at radius 2 is 1.90 bits per heavy atom. The number of nitrogens with zero attached hydrogens (tertiary/aromatic N) is 1. The summed E-state index contributed by atoms with van der Waals surface area (Å²) in [7, 11) is 1.64. The van der Waals surface area contributed by atoms with Crippen molar-refractivity contribution in [2.75, 3.05) is 17.7 Å². The lowest BCUT2D eigenvalue weighted by Gasteiger charge is -2.10. The molecule has 6 nitrogen and oxygen atoms in total. The standard InChI is InChI=1S/C14H12FN3O3/c1-16-11-7-3-2-5-9(11)14(19)17-13-10(15)6-4-8-12(13)18(20)21/h2-8,16H,1H3,(H,17,19). The monoisotopic (exact) mass is 289 g/mol. The Hall–Kier alpha value is -2.96. The number of hydrogen-bond acceptors (Lipinski definition) is 4.